The molecule has 1 aromatic heterocycles. The van der Waals surface area contributed by atoms with Crippen LogP contribution in [0.2, 0.25) is 0 Å². The fourth-order valence-electron chi connectivity index (χ4n) is 7.26. The van der Waals surface area contributed by atoms with Gasteiger partial charge in [0.1, 0.15) is 11.8 Å². The molecule has 12 heteroatoms. The van der Waals surface area contributed by atoms with Crippen LogP contribution in [0.5, 0.6) is 5.75 Å². The van der Waals surface area contributed by atoms with Crippen LogP contribution < -0.4 is 9.46 Å². The van der Waals surface area contributed by atoms with E-state index in [1.54, 1.807) is 31.1 Å². The van der Waals surface area contributed by atoms with E-state index in [4.69, 9.17) is 9.47 Å². The van der Waals surface area contributed by atoms with Gasteiger partial charge in [-0.1, -0.05) is 25.3 Å². The van der Waals surface area contributed by atoms with Crippen LogP contribution in [0.4, 0.5) is 0 Å². The smallest absolute Gasteiger partial charge is 0.328 e. The number of hydrogen-bond donors (Lipinski definition) is 1. The number of ether oxygens (including phenoxy) is 2. The van der Waals surface area contributed by atoms with Crippen LogP contribution in [0.1, 0.15) is 79.3 Å². The van der Waals surface area contributed by atoms with Crippen molar-refractivity contribution in [2.75, 3.05) is 34.4 Å². The zero-order valence-corrected chi connectivity index (χ0v) is 28.2. The first-order chi connectivity index (χ1) is 22.5. The maximum Gasteiger partial charge on any atom is 0.328 e. The van der Waals surface area contributed by atoms with Crippen molar-refractivity contribution in [2.24, 2.45) is 0 Å². The summed E-state index contributed by atoms with van der Waals surface area (Å²) in [4.78, 5) is 42.1. The maximum absolute atomic E-state index is 14.4. The van der Waals surface area contributed by atoms with E-state index >= 15 is 0 Å². The number of rotatable bonds is 8. The van der Waals surface area contributed by atoms with Gasteiger partial charge in [-0.25, -0.2) is 9.52 Å². The number of carbonyl (C=O) groups excluding carboxylic acids is 3. The Balaban J connectivity index is 1.54. The van der Waals surface area contributed by atoms with Gasteiger partial charge in [0.2, 0.25) is 0 Å². The number of nitrogens with zero attached hydrogens (tertiary/aromatic N) is 3. The lowest BCUT2D eigenvalue weighted by Gasteiger charge is -2.25. The third kappa shape index (κ3) is 6.16. The third-order valence-corrected chi connectivity index (χ3v) is 11.0. The van der Waals surface area contributed by atoms with Crippen LogP contribution in [0.3, 0.4) is 0 Å². The molecule has 47 heavy (non-hydrogen) atoms. The predicted octanol–water partition coefficient (Wildman–Crippen LogP) is 4.85. The molecule has 1 saturated carbocycles. The first kappa shape index (κ1) is 32.8. The Bertz CT molecular complexity index is 1870. The molecule has 1 N–H and O–H groups in total. The summed E-state index contributed by atoms with van der Waals surface area (Å²) in [7, 11) is 0.306. The molecule has 2 fully saturated rings. The molecule has 0 spiro atoms. The van der Waals surface area contributed by atoms with E-state index in [-0.39, 0.29) is 30.5 Å². The van der Waals surface area contributed by atoms with E-state index in [1.807, 2.05) is 30.3 Å². The monoisotopic (exact) mass is 662 g/mol. The number of carbonyl (C=O) groups is 3. The van der Waals surface area contributed by atoms with Gasteiger partial charge in [0, 0.05) is 48.2 Å². The first-order valence-electron chi connectivity index (χ1n) is 16.3. The molecule has 1 atom stereocenters. The minimum Gasteiger partial charge on any atom is -0.497 e. The minimum atomic E-state index is -4.01. The van der Waals surface area contributed by atoms with E-state index in [1.165, 1.54) is 26.1 Å². The summed E-state index contributed by atoms with van der Waals surface area (Å²) in [6.45, 7) is 2.63. The number of hydrogen-bond acceptors (Lipinski definition) is 7. The Morgan fingerprint density at radius 3 is 2.47 bits per heavy atom. The summed E-state index contributed by atoms with van der Waals surface area (Å²) >= 11 is 0. The summed E-state index contributed by atoms with van der Waals surface area (Å²) in [5.74, 6) is -0.452. The average Bonchev–Trinajstić information content (AvgIpc) is 3.63. The average molecular weight is 663 g/mol. The molecule has 3 aromatic rings. The molecule has 2 amide bonds. The zero-order chi connectivity index (χ0) is 33.5. The normalized spacial score (nSPS) is 18.4. The number of methoxy groups -OCH3 is 1. The van der Waals surface area contributed by atoms with Gasteiger partial charge in [-0.2, -0.15) is 12.7 Å². The van der Waals surface area contributed by atoms with Crippen LogP contribution in [0, 0.1) is 0 Å². The Kier molecular flexibility index (Phi) is 9.17. The second-order valence-corrected chi connectivity index (χ2v) is 14.5. The second kappa shape index (κ2) is 13.2. The molecule has 250 valence electrons. The Hall–Kier alpha value is -4.16. The molecule has 0 bridgehead atoms. The third-order valence-electron chi connectivity index (χ3n) is 9.60. The lowest BCUT2D eigenvalue weighted by Crippen LogP contribution is -2.42. The van der Waals surface area contributed by atoms with Crippen molar-refractivity contribution in [3.05, 3.63) is 58.7 Å². The number of benzene rings is 2. The molecule has 1 saturated heterocycles. The number of amides is 2. The standard InChI is InChI=1S/C35H42N4O7S/c1-5-46-35(42)29-12-9-17-38(29)34(41)25-18-24-19-26(45-4)14-16-27(24)32-31(22-10-7-6-8-11-22)28-15-13-23(20-30(28)39(32)21-25)33(40)36-47(43,44)37(2)3/h13-16,18-20,22,29H,5-12,17,21H2,1-4H3,(H,36,40). The highest BCUT2D eigenvalue weighted by Crippen LogP contribution is 2.47. The van der Waals surface area contributed by atoms with E-state index in [2.05, 4.69) is 9.29 Å². The van der Waals surface area contributed by atoms with Gasteiger partial charge >= 0.3 is 16.2 Å². The minimum absolute atomic E-state index is 0.191. The van der Waals surface area contributed by atoms with Crippen LogP contribution in [-0.4, -0.2) is 80.4 Å². The van der Waals surface area contributed by atoms with Gasteiger partial charge in [0.25, 0.3) is 11.8 Å². The van der Waals surface area contributed by atoms with E-state index in [0.717, 1.165) is 57.7 Å². The largest absolute Gasteiger partial charge is 0.497 e. The van der Waals surface area contributed by atoms with Gasteiger partial charge in [0.15, 0.2) is 0 Å². The molecule has 6 rings (SSSR count). The predicted molar refractivity (Wildman–Crippen MR) is 179 cm³/mol. The molecular weight excluding hydrogens is 620 g/mol. The van der Waals surface area contributed by atoms with Gasteiger partial charge in [-0.15, -0.1) is 0 Å². The van der Waals surface area contributed by atoms with Crippen molar-refractivity contribution >= 4 is 45.0 Å². The summed E-state index contributed by atoms with van der Waals surface area (Å²) in [6, 6.07) is 10.5. The number of aromatic nitrogens is 1. The van der Waals surface area contributed by atoms with Crippen molar-refractivity contribution in [1.29, 1.82) is 0 Å². The van der Waals surface area contributed by atoms with Crippen molar-refractivity contribution in [2.45, 2.75) is 70.4 Å². The molecule has 1 unspecified atom stereocenters. The van der Waals surface area contributed by atoms with Crippen LogP contribution >= 0.6 is 0 Å². The van der Waals surface area contributed by atoms with E-state index in [9.17, 15) is 22.8 Å². The topological polar surface area (TPSA) is 127 Å². The number of nitrogens with one attached hydrogen (secondary N) is 1. The molecular formula is C35H42N4O7S. The van der Waals surface area contributed by atoms with Crippen molar-refractivity contribution in [1.82, 2.24) is 18.5 Å². The van der Waals surface area contributed by atoms with Crippen molar-refractivity contribution in [3.8, 4) is 17.0 Å². The van der Waals surface area contributed by atoms with Crippen molar-refractivity contribution in [3.63, 3.8) is 0 Å². The summed E-state index contributed by atoms with van der Waals surface area (Å²) < 4.78 is 41.1. The van der Waals surface area contributed by atoms with Crippen LogP contribution in [0.15, 0.2) is 42.0 Å². The Morgan fingerprint density at radius 1 is 1.00 bits per heavy atom. The summed E-state index contributed by atoms with van der Waals surface area (Å²) in [6.07, 6.45) is 8.59. The molecule has 2 aromatic carbocycles. The Morgan fingerprint density at radius 2 is 1.77 bits per heavy atom. The first-order valence-corrected chi connectivity index (χ1v) is 17.7. The molecule has 0 radical (unpaired) electrons. The lowest BCUT2D eigenvalue weighted by molar-refractivity contribution is -0.152. The fraction of sp³-hybridized carbons (Fsp3) is 0.457. The zero-order valence-electron chi connectivity index (χ0n) is 27.4. The van der Waals surface area contributed by atoms with Gasteiger partial charge < -0.3 is 18.9 Å². The molecule has 11 nitrogen and oxygen atoms in total. The highest BCUT2D eigenvalue weighted by Gasteiger charge is 2.38. The maximum atomic E-state index is 14.4. The quantitative estimate of drug-likeness (QED) is 0.342. The number of esters is 1. The highest BCUT2D eigenvalue weighted by molar-refractivity contribution is 7.87. The van der Waals surface area contributed by atoms with E-state index < -0.39 is 28.1 Å². The number of likely N-dealkylation sites (tertiary alicyclic amines) is 1. The molecule has 1 aliphatic carbocycles. The van der Waals surface area contributed by atoms with Gasteiger partial charge in [-0.3, -0.25) is 9.59 Å². The summed E-state index contributed by atoms with van der Waals surface area (Å²) in [5, 5.41) is 0.972. The molecule has 3 aliphatic rings. The summed E-state index contributed by atoms with van der Waals surface area (Å²) in [5.41, 5.74) is 5.34. The second-order valence-electron chi connectivity index (χ2n) is 12.7. The molecule has 2 aliphatic heterocycles. The highest BCUT2D eigenvalue weighted by atomic mass is 32.2. The SMILES string of the molecule is CCOC(=O)C1CCCN1C(=O)C1=Cc2cc(OC)ccc2-c2c(C3CCCCC3)c3ccc(C(=O)NS(=O)(=O)N(C)C)cc3n2C1. The van der Waals surface area contributed by atoms with Gasteiger partial charge in [-0.05, 0) is 86.1 Å². The molecule has 3 heterocycles. The fourth-order valence-corrected chi connectivity index (χ4v) is 7.79. The Labute approximate surface area is 275 Å². The lowest BCUT2D eigenvalue weighted by atomic mass is 9.81. The van der Waals surface area contributed by atoms with Crippen LogP contribution in [0.25, 0.3) is 28.2 Å². The van der Waals surface area contributed by atoms with Crippen LogP contribution in [-0.2, 0) is 31.1 Å². The van der Waals surface area contributed by atoms with Crippen molar-refractivity contribution < 1.29 is 32.3 Å². The number of fused-ring (bicyclic) bond motifs is 5. The van der Waals surface area contributed by atoms with Gasteiger partial charge in [0.05, 0.1) is 26.0 Å². The van der Waals surface area contributed by atoms with E-state index in [0.29, 0.717) is 30.7 Å².